The van der Waals surface area contributed by atoms with Gasteiger partial charge in [-0.1, -0.05) is 6.07 Å². The summed E-state index contributed by atoms with van der Waals surface area (Å²) >= 11 is 0. The molecule has 1 saturated carbocycles. The van der Waals surface area contributed by atoms with E-state index in [4.69, 9.17) is 0 Å². The number of benzene rings is 1. The van der Waals surface area contributed by atoms with Gasteiger partial charge in [0.25, 0.3) is 5.91 Å². The Morgan fingerprint density at radius 3 is 2.82 bits per heavy atom. The van der Waals surface area contributed by atoms with Crippen LogP contribution in [0.25, 0.3) is 0 Å². The van der Waals surface area contributed by atoms with E-state index in [0.29, 0.717) is 17.5 Å². The lowest BCUT2D eigenvalue weighted by Crippen LogP contribution is -2.37. The fourth-order valence-electron chi connectivity index (χ4n) is 3.08. The highest BCUT2D eigenvalue weighted by molar-refractivity contribution is 5.95. The van der Waals surface area contributed by atoms with E-state index in [0.717, 1.165) is 18.5 Å². The maximum Gasteiger partial charge on any atom is 0.254 e. The van der Waals surface area contributed by atoms with Gasteiger partial charge in [-0.25, -0.2) is 0 Å². The van der Waals surface area contributed by atoms with Crippen molar-refractivity contribution in [3.05, 3.63) is 29.3 Å². The standard InChI is InChI=1S/C14H17NO2/c1-9-2-4-11(7-13(9)16)14(17)15-8-10-3-5-12(15)6-10/h2,4,7,10,12,16H,3,5-6,8H2,1H3. The van der Waals surface area contributed by atoms with Crippen molar-refractivity contribution >= 4 is 5.91 Å². The highest BCUT2D eigenvalue weighted by atomic mass is 16.3. The molecule has 0 radical (unpaired) electrons. The summed E-state index contributed by atoms with van der Waals surface area (Å²) in [6.45, 7) is 2.74. The van der Waals surface area contributed by atoms with E-state index < -0.39 is 0 Å². The van der Waals surface area contributed by atoms with Gasteiger partial charge in [-0.05, 0) is 49.8 Å². The summed E-state index contributed by atoms with van der Waals surface area (Å²) in [6.07, 6.45) is 3.59. The quantitative estimate of drug-likeness (QED) is 0.805. The molecule has 90 valence electrons. The lowest BCUT2D eigenvalue weighted by Gasteiger charge is -2.27. The molecule has 1 aromatic rings. The molecule has 1 aliphatic carbocycles. The number of phenolic OH excluding ortho intramolecular Hbond substituents is 1. The Kier molecular flexibility index (Phi) is 2.35. The number of piperidine rings is 1. The van der Waals surface area contributed by atoms with E-state index in [9.17, 15) is 9.90 Å². The van der Waals surface area contributed by atoms with Crippen molar-refractivity contribution in [1.29, 1.82) is 0 Å². The van der Waals surface area contributed by atoms with Crippen LogP contribution >= 0.6 is 0 Å². The maximum atomic E-state index is 12.3. The number of aryl methyl sites for hydroxylation is 1. The minimum absolute atomic E-state index is 0.0764. The van der Waals surface area contributed by atoms with Crippen LogP contribution < -0.4 is 0 Å². The first-order chi connectivity index (χ1) is 8.15. The molecule has 1 saturated heterocycles. The van der Waals surface area contributed by atoms with E-state index in [2.05, 4.69) is 0 Å². The number of hydrogen-bond donors (Lipinski definition) is 1. The zero-order valence-corrected chi connectivity index (χ0v) is 10.0. The van der Waals surface area contributed by atoms with Crippen molar-refractivity contribution < 1.29 is 9.90 Å². The molecule has 2 aliphatic rings. The molecule has 3 nitrogen and oxygen atoms in total. The van der Waals surface area contributed by atoms with E-state index in [1.807, 2.05) is 17.9 Å². The molecule has 0 aromatic heterocycles. The molecule has 17 heavy (non-hydrogen) atoms. The molecule has 2 bridgehead atoms. The van der Waals surface area contributed by atoms with Crippen LogP contribution in [0.4, 0.5) is 0 Å². The van der Waals surface area contributed by atoms with Crippen LogP contribution in [0.1, 0.15) is 35.2 Å². The van der Waals surface area contributed by atoms with Gasteiger partial charge < -0.3 is 10.0 Å². The third kappa shape index (κ3) is 1.70. The lowest BCUT2D eigenvalue weighted by atomic mass is 10.1. The summed E-state index contributed by atoms with van der Waals surface area (Å²) < 4.78 is 0. The minimum Gasteiger partial charge on any atom is -0.508 e. The Balaban J connectivity index is 1.84. The summed E-state index contributed by atoms with van der Waals surface area (Å²) in [4.78, 5) is 14.3. The molecular formula is C14H17NO2. The van der Waals surface area contributed by atoms with E-state index in [1.54, 1.807) is 12.1 Å². The first kappa shape index (κ1) is 10.6. The summed E-state index contributed by atoms with van der Waals surface area (Å²) in [5, 5.41) is 9.65. The van der Waals surface area contributed by atoms with E-state index >= 15 is 0 Å². The monoisotopic (exact) mass is 231 g/mol. The van der Waals surface area contributed by atoms with Crippen LogP contribution in [0.15, 0.2) is 18.2 Å². The Hall–Kier alpha value is -1.51. The number of aromatic hydroxyl groups is 1. The predicted molar refractivity (Wildman–Crippen MR) is 65.0 cm³/mol. The van der Waals surface area contributed by atoms with Crippen molar-refractivity contribution in [2.24, 2.45) is 5.92 Å². The third-order valence-corrected chi connectivity index (χ3v) is 4.13. The normalized spacial score (nSPS) is 26.5. The van der Waals surface area contributed by atoms with Crippen molar-refractivity contribution in [3.8, 4) is 5.75 Å². The van der Waals surface area contributed by atoms with Gasteiger partial charge in [0, 0.05) is 18.2 Å². The largest absolute Gasteiger partial charge is 0.508 e. The zero-order chi connectivity index (χ0) is 12.0. The SMILES string of the molecule is Cc1ccc(C(=O)N2CC3CCC2C3)cc1O. The fourth-order valence-corrected chi connectivity index (χ4v) is 3.08. The van der Waals surface area contributed by atoms with Crippen LogP contribution in [0.5, 0.6) is 5.75 Å². The number of rotatable bonds is 1. The molecule has 1 aliphatic heterocycles. The van der Waals surface area contributed by atoms with Crippen LogP contribution in [-0.2, 0) is 0 Å². The minimum atomic E-state index is 0.0764. The molecule has 3 heteroatoms. The third-order valence-electron chi connectivity index (χ3n) is 4.13. The Labute approximate surface area is 101 Å². The van der Waals surface area contributed by atoms with Crippen LogP contribution in [0.3, 0.4) is 0 Å². The van der Waals surface area contributed by atoms with Gasteiger partial charge in [0.05, 0.1) is 0 Å². The topological polar surface area (TPSA) is 40.5 Å². The molecule has 1 N–H and O–H groups in total. The van der Waals surface area contributed by atoms with Gasteiger partial charge in [-0.2, -0.15) is 0 Å². The molecule has 3 rings (SSSR count). The molecule has 2 fully saturated rings. The van der Waals surface area contributed by atoms with Crippen molar-refractivity contribution in [1.82, 2.24) is 4.90 Å². The first-order valence-electron chi connectivity index (χ1n) is 6.26. The van der Waals surface area contributed by atoms with E-state index in [1.165, 1.54) is 12.8 Å². The van der Waals surface area contributed by atoms with Crippen molar-refractivity contribution in [2.75, 3.05) is 6.54 Å². The second-order valence-electron chi connectivity index (χ2n) is 5.29. The molecule has 2 unspecified atom stereocenters. The number of carbonyl (C=O) groups is 1. The van der Waals surface area contributed by atoms with Gasteiger partial charge in [0.2, 0.25) is 0 Å². The van der Waals surface area contributed by atoms with E-state index in [-0.39, 0.29) is 11.7 Å². The van der Waals surface area contributed by atoms with Gasteiger partial charge in [-0.15, -0.1) is 0 Å². The van der Waals surface area contributed by atoms with Gasteiger partial charge in [0.1, 0.15) is 5.75 Å². The number of carbonyl (C=O) groups excluding carboxylic acids is 1. The first-order valence-corrected chi connectivity index (χ1v) is 6.26. The second kappa shape index (κ2) is 3.76. The van der Waals surface area contributed by atoms with Crippen molar-refractivity contribution in [3.63, 3.8) is 0 Å². The predicted octanol–water partition coefficient (Wildman–Crippen LogP) is 2.33. The smallest absolute Gasteiger partial charge is 0.254 e. The van der Waals surface area contributed by atoms with Crippen LogP contribution in [0, 0.1) is 12.8 Å². The molecule has 1 aromatic carbocycles. The number of nitrogens with zero attached hydrogens (tertiary/aromatic N) is 1. The number of phenols is 1. The number of amides is 1. The Bertz CT molecular complexity index is 469. The van der Waals surface area contributed by atoms with Gasteiger partial charge in [-0.3, -0.25) is 4.79 Å². The van der Waals surface area contributed by atoms with Crippen molar-refractivity contribution in [2.45, 2.75) is 32.2 Å². The zero-order valence-electron chi connectivity index (χ0n) is 10.0. The Morgan fingerprint density at radius 1 is 1.41 bits per heavy atom. The maximum absolute atomic E-state index is 12.3. The Morgan fingerprint density at radius 2 is 2.24 bits per heavy atom. The molecule has 1 amide bonds. The van der Waals surface area contributed by atoms with Gasteiger partial charge in [0.15, 0.2) is 0 Å². The molecular weight excluding hydrogens is 214 g/mol. The highest BCUT2D eigenvalue weighted by Crippen LogP contribution is 2.38. The summed E-state index contributed by atoms with van der Waals surface area (Å²) in [6, 6.07) is 5.64. The van der Waals surface area contributed by atoms with Crippen LogP contribution in [0.2, 0.25) is 0 Å². The highest BCUT2D eigenvalue weighted by Gasteiger charge is 2.40. The van der Waals surface area contributed by atoms with Gasteiger partial charge >= 0.3 is 0 Å². The number of fused-ring (bicyclic) bond motifs is 2. The number of hydrogen-bond acceptors (Lipinski definition) is 2. The molecule has 1 heterocycles. The number of likely N-dealkylation sites (tertiary alicyclic amines) is 1. The molecule has 0 spiro atoms. The average molecular weight is 231 g/mol. The second-order valence-corrected chi connectivity index (χ2v) is 5.29. The fraction of sp³-hybridized carbons (Fsp3) is 0.500. The summed E-state index contributed by atoms with van der Waals surface area (Å²) in [7, 11) is 0. The van der Waals surface area contributed by atoms with Crippen LogP contribution in [-0.4, -0.2) is 28.5 Å². The lowest BCUT2D eigenvalue weighted by molar-refractivity contribution is 0.0703. The summed E-state index contributed by atoms with van der Waals surface area (Å²) in [5.74, 6) is 0.996. The average Bonchev–Trinajstić information content (AvgIpc) is 2.93. The summed E-state index contributed by atoms with van der Waals surface area (Å²) in [5.41, 5.74) is 1.42. The molecule has 2 atom stereocenters.